The molecule has 2 aromatic carbocycles. The average Bonchev–Trinajstić information content (AvgIpc) is 3.38. The van der Waals surface area contributed by atoms with Gasteiger partial charge in [-0.2, -0.15) is 13.2 Å². The van der Waals surface area contributed by atoms with Gasteiger partial charge in [-0.25, -0.2) is 9.97 Å². The van der Waals surface area contributed by atoms with Gasteiger partial charge in [-0.05, 0) is 41.3 Å². The molecule has 0 aliphatic carbocycles. The lowest BCUT2D eigenvalue weighted by Gasteiger charge is -2.18. The fourth-order valence-corrected chi connectivity index (χ4v) is 4.07. The van der Waals surface area contributed by atoms with Crippen molar-refractivity contribution in [2.45, 2.75) is 19.0 Å². The summed E-state index contributed by atoms with van der Waals surface area (Å²) in [5.74, 6) is 0.0689. The third kappa shape index (κ3) is 3.45. The van der Waals surface area contributed by atoms with E-state index >= 15 is 0 Å². The summed E-state index contributed by atoms with van der Waals surface area (Å²) in [6.45, 7) is 0.466. The summed E-state index contributed by atoms with van der Waals surface area (Å²) in [5.41, 5.74) is 9.29. The van der Waals surface area contributed by atoms with Gasteiger partial charge in [0.15, 0.2) is 0 Å². The van der Waals surface area contributed by atoms with E-state index in [1.54, 1.807) is 11.2 Å². The van der Waals surface area contributed by atoms with Gasteiger partial charge in [0.25, 0.3) is 0 Å². The van der Waals surface area contributed by atoms with Gasteiger partial charge >= 0.3 is 6.18 Å². The second-order valence-electron chi connectivity index (χ2n) is 7.60. The summed E-state index contributed by atoms with van der Waals surface area (Å²) in [5, 5.41) is 0.628. The number of anilines is 2. The van der Waals surface area contributed by atoms with Crippen LogP contribution in [0, 0.1) is 0 Å². The Labute approximate surface area is 180 Å². The molecule has 0 atom stereocenters. The van der Waals surface area contributed by atoms with Crippen molar-refractivity contribution in [3.63, 3.8) is 0 Å². The zero-order valence-corrected chi connectivity index (χ0v) is 16.7. The molecule has 1 aliphatic heterocycles. The molecular formula is C23H17F3N4O2. The lowest BCUT2D eigenvalue weighted by molar-refractivity contribution is -0.137. The van der Waals surface area contributed by atoms with Gasteiger partial charge in [-0.15, -0.1) is 0 Å². The van der Waals surface area contributed by atoms with Crippen LogP contribution in [0.2, 0.25) is 0 Å². The van der Waals surface area contributed by atoms with E-state index in [0.29, 0.717) is 35.4 Å². The van der Waals surface area contributed by atoms with Gasteiger partial charge in [-0.1, -0.05) is 24.3 Å². The number of benzene rings is 2. The first-order chi connectivity index (χ1) is 15.3. The van der Waals surface area contributed by atoms with Gasteiger partial charge in [-0.3, -0.25) is 4.79 Å². The average molecular weight is 438 g/mol. The van der Waals surface area contributed by atoms with Crippen molar-refractivity contribution in [1.29, 1.82) is 0 Å². The molecule has 162 valence electrons. The molecule has 0 saturated carbocycles. The SMILES string of the molecule is Nc1ncnc2occ(-c3ccc4c(c3)CCN4C(=O)Cc3cccc(C(F)(F)F)c3)c12. The number of alkyl halides is 3. The van der Waals surface area contributed by atoms with E-state index in [0.717, 1.165) is 34.5 Å². The number of carbonyl (C=O) groups excluding carboxylic acids is 1. The Morgan fingerprint density at radius 3 is 2.81 bits per heavy atom. The Bertz CT molecular complexity index is 1350. The van der Waals surface area contributed by atoms with E-state index in [1.165, 1.54) is 18.5 Å². The zero-order chi connectivity index (χ0) is 22.5. The Morgan fingerprint density at radius 1 is 1.16 bits per heavy atom. The molecule has 9 heteroatoms. The van der Waals surface area contributed by atoms with Gasteiger partial charge in [0.1, 0.15) is 18.4 Å². The molecule has 0 saturated heterocycles. The first-order valence-electron chi connectivity index (χ1n) is 9.89. The number of rotatable bonds is 3. The van der Waals surface area contributed by atoms with E-state index in [2.05, 4.69) is 9.97 Å². The number of aromatic nitrogens is 2. The number of carbonyl (C=O) groups is 1. The number of halogens is 3. The van der Waals surface area contributed by atoms with Crippen molar-refractivity contribution < 1.29 is 22.4 Å². The van der Waals surface area contributed by atoms with Crippen molar-refractivity contribution in [3.05, 3.63) is 71.7 Å². The number of hydrogen-bond donors (Lipinski definition) is 1. The Balaban J connectivity index is 1.41. The van der Waals surface area contributed by atoms with Crippen molar-refractivity contribution >= 4 is 28.5 Å². The first-order valence-corrected chi connectivity index (χ1v) is 9.89. The van der Waals surface area contributed by atoms with Gasteiger partial charge in [0.2, 0.25) is 11.6 Å². The first kappa shape index (κ1) is 20.0. The molecule has 4 aromatic rings. The van der Waals surface area contributed by atoms with Crippen LogP contribution in [0.25, 0.3) is 22.2 Å². The largest absolute Gasteiger partial charge is 0.445 e. The maximum atomic E-state index is 13.0. The molecule has 1 amide bonds. The number of furan rings is 1. The zero-order valence-electron chi connectivity index (χ0n) is 16.7. The summed E-state index contributed by atoms with van der Waals surface area (Å²) < 4.78 is 44.4. The molecule has 2 aromatic heterocycles. The van der Waals surface area contributed by atoms with Gasteiger partial charge in [0, 0.05) is 17.8 Å². The van der Waals surface area contributed by atoms with Crippen molar-refractivity contribution in [1.82, 2.24) is 9.97 Å². The molecule has 0 unspecified atom stereocenters. The number of nitrogens with zero attached hydrogens (tertiary/aromatic N) is 3. The minimum Gasteiger partial charge on any atom is -0.445 e. The summed E-state index contributed by atoms with van der Waals surface area (Å²) in [7, 11) is 0. The molecule has 32 heavy (non-hydrogen) atoms. The summed E-state index contributed by atoms with van der Waals surface area (Å²) in [6.07, 6.45) is -1.00. The minimum absolute atomic E-state index is 0.106. The van der Waals surface area contributed by atoms with E-state index < -0.39 is 11.7 Å². The van der Waals surface area contributed by atoms with Crippen molar-refractivity contribution in [2.24, 2.45) is 0 Å². The molecule has 3 heterocycles. The lowest BCUT2D eigenvalue weighted by Crippen LogP contribution is -2.30. The second-order valence-corrected chi connectivity index (χ2v) is 7.60. The standard InChI is InChI=1S/C23H17F3N4O2/c24-23(25,26)16-3-1-2-13(8-16)9-19(31)30-7-6-15-10-14(4-5-18(15)30)17-11-32-22-20(17)21(27)28-12-29-22/h1-5,8,10-12H,6-7,9H2,(H2,27,28,29). The predicted octanol–water partition coefficient (Wildman–Crippen LogP) is 4.62. The van der Waals surface area contributed by atoms with Crippen LogP contribution < -0.4 is 10.6 Å². The van der Waals surface area contributed by atoms with Crippen LogP contribution >= 0.6 is 0 Å². The Kier molecular flexibility index (Phi) is 4.61. The van der Waals surface area contributed by atoms with Gasteiger partial charge < -0.3 is 15.1 Å². The van der Waals surface area contributed by atoms with E-state index in [9.17, 15) is 18.0 Å². The third-order valence-electron chi connectivity index (χ3n) is 5.60. The van der Waals surface area contributed by atoms with Crippen LogP contribution in [0.5, 0.6) is 0 Å². The van der Waals surface area contributed by atoms with E-state index in [4.69, 9.17) is 10.2 Å². The number of nitrogen functional groups attached to an aromatic ring is 1. The molecule has 5 rings (SSSR count). The number of nitrogens with two attached hydrogens (primary N) is 1. The topological polar surface area (TPSA) is 85.2 Å². The van der Waals surface area contributed by atoms with Crippen LogP contribution in [-0.2, 0) is 23.8 Å². The highest BCUT2D eigenvalue weighted by Crippen LogP contribution is 2.37. The maximum Gasteiger partial charge on any atom is 0.416 e. The van der Waals surface area contributed by atoms with Crippen LogP contribution in [0.15, 0.2) is 59.5 Å². The number of fused-ring (bicyclic) bond motifs is 2. The molecule has 2 N–H and O–H groups in total. The van der Waals surface area contributed by atoms with Crippen molar-refractivity contribution in [2.75, 3.05) is 17.2 Å². The highest BCUT2D eigenvalue weighted by atomic mass is 19.4. The Hall–Kier alpha value is -3.88. The minimum atomic E-state index is -4.44. The highest BCUT2D eigenvalue weighted by Gasteiger charge is 2.31. The molecule has 0 bridgehead atoms. The van der Waals surface area contributed by atoms with Crippen LogP contribution in [-0.4, -0.2) is 22.4 Å². The van der Waals surface area contributed by atoms with Crippen LogP contribution in [0.3, 0.4) is 0 Å². The van der Waals surface area contributed by atoms with Gasteiger partial charge in [0.05, 0.1) is 17.4 Å². The third-order valence-corrected chi connectivity index (χ3v) is 5.60. The summed E-state index contributed by atoms with van der Waals surface area (Å²) >= 11 is 0. The fraction of sp³-hybridized carbons (Fsp3) is 0.174. The Morgan fingerprint density at radius 2 is 2.00 bits per heavy atom. The monoisotopic (exact) mass is 438 g/mol. The van der Waals surface area contributed by atoms with Crippen LogP contribution in [0.4, 0.5) is 24.7 Å². The highest BCUT2D eigenvalue weighted by molar-refractivity contribution is 6.00. The second kappa shape index (κ2) is 7.37. The maximum absolute atomic E-state index is 13.0. The van der Waals surface area contributed by atoms with Crippen molar-refractivity contribution in [3.8, 4) is 11.1 Å². The quantitative estimate of drug-likeness (QED) is 0.504. The summed E-state index contributed by atoms with van der Waals surface area (Å²) in [4.78, 5) is 22.6. The molecule has 1 aliphatic rings. The molecule has 0 spiro atoms. The summed E-state index contributed by atoms with van der Waals surface area (Å²) in [6, 6.07) is 10.5. The smallest absolute Gasteiger partial charge is 0.416 e. The fourth-order valence-electron chi connectivity index (χ4n) is 4.07. The molecule has 0 fully saturated rings. The normalized spacial score (nSPS) is 13.5. The van der Waals surface area contributed by atoms with E-state index in [-0.39, 0.29) is 12.3 Å². The molecular weight excluding hydrogens is 421 g/mol. The van der Waals surface area contributed by atoms with Crippen LogP contribution in [0.1, 0.15) is 16.7 Å². The molecule has 0 radical (unpaired) electrons. The molecule has 6 nitrogen and oxygen atoms in total. The lowest BCUT2D eigenvalue weighted by atomic mass is 10.0. The predicted molar refractivity (Wildman–Crippen MR) is 113 cm³/mol. The number of amides is 1. The van der Waals surface area contributed by atoms with E-state index in [1.807, 2.05) is 18.2 Å². The number of hydrogen-bond acceptors (Lipinski definition) is 5.